The molecule has 1 N–H and O–H groups in total. The highest BCUT2D eigenvalue weighted by Crippen LogP contribution is 2.18. The number of sulfonamides is 1. The lowest BCUT2D eigenvalue weighted by Crippen LogP contribution is -2.36. The summed E-state index contributed by atoms with van der Waals surface area (Å²) < 4.78 is 33.1. The molecule has 0 bridgehead atoms. The maximum absolute atomic E-state index is 12.3. The van der Waals surface area contributed by atoms with Crippen molar-refractivity contribution in [2.45, 2.75) is 4.90 Å². The first-order chi connectivity index (χ1) is 11.0. The molecule has 2 aromatic rings. The maximum atomic E-state index is 12.3. The van der Waals surface area contributed by atoms with E-state index in [0.717, 1.165) is 17.6 Å². The number of rotatable bonds is 4. The van der Waals surface area contributed by atoms with Crippen LogP contribution in [0.4, 0.5) is 11.6 Å². The average Bonchev–Trinajstić information content (AvgIpc) is 2.56. The van der Waals surface area contributed by atoms with Gasteiger partial charge in [-0.25, -0.2) is 8.42 Å². The van der Waals surface area contributed by atoms with Crippen LogP contribution < -0.4 is 9.62 Å². The summed E-state index contributed by atoms with van der Waals surface area (Å²) in [4.78, 5) is 2.21. The number of morpholine rings is 1. The number of benzene rings is 1. The number of anilines is 2. The summed E-state index contributed by atoms with van der Waals surface area (Å²) >= 11 is 3.27. The molecule has 0 radical (unpaired) electrons. The van der Waals surface area contributed by atoms with Gasteiger partial charge in [-0.1, -0.05) is 15.9 Å². The molecule has 0 spiro atoms. The Labute approximate surface area is 142 Å². The van der Waals surface area contributed by atoms with Crippen molar-refractivity contribution in [3.63, 3.8) is 0 Å². The highest BCUT2D eigenvalue weighted by molar-refractivity contribution is 9.10. The van der Waals surface area contributed by atoms with Gasteiger partial charge in [0.1, 0.15) is 0 Å². The lowest BCUT2D eigenvalue weighted by molar-refractivity contribution is 0.122. The monoisotopic (exact) mass is 398 g/mol. The van der Waals surface area contributed by atoms with Crippen molar-refractivity contribution in [2.75, 3.05) is 35.9 Å². The molecule has 1 aliphatic heterocycles. The molecule has 7 nitrogen and oxygen atoms in total. The summed E-state index contributed by atoms with van der Waals surface area (Å²) in [6.07, 6.45) is 0. The number of hydrogen-bond acceptors (Lipinski definition) is 6. The van der Waals surface area contributed by atoms with Gasteiger partial charge in [-0.2, -0.15) is 0 Å². The van der Waals surface area contributed by atoms with Crippen molar-refractivity contribution in [1.82, 2.24) is 10.2 Å². The van der Waals surface area contributed by atoms with Crippen molar-refractivity contribution in [1.29, 1.82) is 0 Å². The van der Waals surface area contributed by atoms with Gasteiger partial charge in [-0.05, 0) is 36.4 Å². The minimum Gasteiger partial charge on any atom is -0.378 e. The second-order valence-corrected chi connectivity index (χ2v) is 7.53. The van der Waals surface area contributed by atoms with Gasteiger partial charge in [0.25, 0.3) is 10.0 Å². The third kappa shape index (κ3) is 3.98. The van der Waals surface area contributed by atoms with Crippen LogP contribution in [-0.4, -0.2) is 44.9 Å². The molecule has 3 rings (SSSR count). The van der Waals surface area contributed by atoms with Crippen molar-refractivity contribution >= 4 is 37.6 Å². The van der Waals surface area contributed by atoms with Crippen LogP contribution >= 0.6 is 15.9 Å². The third-order valence-electron chi connectivity index (χ3n) is 3.35. The molecule has 1 fully saturated rings. The second-order valence-electron chi connectivity index (χ2n) is 4.94. The summed E-state index contributed by atoms with van der Waals surface area (Å²) in [6, 6.07) is 9.72. The van der Waals surface area contributed by atoms with E-state index in [9.17, 15) is 8.42 Å². The van der Waals surface area contributed by atoms with Crippen molar-refractivity contribution in [3.8, 4) is 0 Å². The van der Waals surface area contributed by atoms with Crippen molar-refractivity contribution in [2.24, 2.45) is 0 Å². The van der Waals surface area contributed by atoms with E-state index in [-0.39, 0.29) is 10.7 Å². The Bertz CT molecular complexity index is 760. The minimum absolute atomic E-state index is 0.166. The summed E-state index contributed by atoms with van der Waals surface area (Å²) in [5, 5.41) is 8.03. The first-order valence-electron chi connectivity index (χ1n) is 6.99. The van der Waals surface area contributed by atoms with Crippen LogP contribution in [0.2, 0.25) is 0 Å². The fraction of sp³-hybridized carbons (Fsp3) is 0.286. The van der Waals surface area contributed by atoms with Crippen LogP contribution in [0.25, 0.3) is 0 Å². The topological polar surface area (TPSA) is 84.4 Å². The van der Waals surface area contributed by atoms with Crippen LogP contribution in [-0.2, 0) is 14.8 Å². The Morgan fingerprint density at radius 3 is 2.35 bits per heavy atom. The van der Waals surface area contributed by atoms with E-state index in [1.54, 1.807) is 24.3 Å². The quantitative estimate of drug-likeness (QED) is 0.845. The fourth-order valence-electron chi connectivity index (χ4n) is 2.15. The van der Waals surface area contributed by atoms with Crippen LogP contribution in [0.5, 0.6) is 0 Å². The molecule has 1 aromatic carbocycles. The summed E-state index contributed by atoms with van der Waals surface area (Å²) in [5.41, 5.74) is 0. The van der Waals surface area contributed by atoms with Crippen LogP contribution in [0.15, 0.2) is 45.8 Å². The molecule has 23 heavy (non-hydrogen) atoms. The van der Waals surface area contributed by atoms with E-state index in [1.165, 1.54) is 12.1 Å². The SMILES string of the molecule is O=S(=O)(Nc1ccc(N2CCOCC2)nn1)c1ccc(Br)cc1. The molecule has 0 saturated carbocycles. The second kappa shape index (κ2) is 6.81. The molecular weight excluding hydrogens is 384 g/mol. The largest absolute Gasteiger partial charge is 0.378 e. The molecule has 9 heteroatoms. The normalized spacial score (nSPS) is 15.4. The predicted molar refractivity (Wildman–Crippen MR) is 90.0 cm³/mol. The minimum atomic E-state index is -3.67. The first kappa shape index (κ1) is 16.2. The van der Waals surface area contributed by atoms with Crippen LogP contribution in [0.1, 0.15) is 0 Å². The van der Waals surface area contributed by atoms with E-state index in [4.69, 9.17) is 4.74 Å². The van der Waals surface area contributed by atoms with E-state index >= 15 is 0 Å². The molecular formula is C14H15BrN4O3S. The van der Waals surface area contributed by atoms with E-state index < -0.39 is 10.0 Å². The molecule has 1 aliphatic rings. The molecule has 122 valence electrons. The summed E-state index contributed by atoms with van der Waals surface area (Å²) in [6.45, 7) is 2.80. The van der Waals surface area contributed by atoms with Gasteiger partial charge < -0.3 is 9.64 Å². The number of aromatic nitrogens is 2. The van der Waals surface area contributed by atoms with Crippen LogP contribution in [0, 0.1) is 0 Å². The van der Waals surface area contributed by atoms with Gasteiger partial charge >= 0.3 is 0 Å². The Balaban J connectivity index is 1.73. The lowest BCUT2D eigenvalue weighted by atomic mass is 10.4. The van der Waals surface area contributed by atoms with Gasteiger partial charge in [0, 0.05) is 17.6 Å². The van der Waals surface area contributed by atoms with Gasteiger partial charge in [0.2, 0.25) is 0 Å². The summed E-state index contributed by atoms with van der Waals surface area (Å²) in [7, 11) is -3.67. The predicted octanol–water partition coefficient (Wildman–Crippen LogP) is 1.88. The number of nitrogens with one attached hydrogen (secondary N) is 1. The molecule has 0 unspecified atom stereocenters. The molecule has 1 saturated heterocycles. The van der Waals surface area contributed by atoms with Crippen molar-refractivity contribution in [3.05, 3.63) is 40.9 Å². The van der Waals surface area contributed by atoms with E-state index in [1.807, 2.05) is 4.90 Å². The number of ether oxygens (including phenoxy) is 1. The Morgan fingerprint density at radius 2 is 1.74 bits per heavy atom. The fourth-order valence-corrected chi connectivity index (χ4v) is 3.41. The van der Waals surface area contributed by atoms with E-state index in [0.29, 0.717) is 19.0 Å². The molecule has 0 amide bonds. The Kier molecular flexibility index (Phi) is 4.79. The molecule has 0 atom stereocenters. The zero-order valence-corrected chi connectivity index (χ0v) is 14.5. The summed E-state index contributed by atoms with van der Waals surface area (Å²) in [5.74, 6) is 0.893. The molecule has 2 heterocycles. The van der Waals surface area contributed by atoms with Crippen LogP contribution in [0.3, 0.4) is 0 Å². The first-order valence-corrected chi connectivity index (χ1v) is 9.27. The number of halogens is 1. The average molecular weight is 399 g/mol. The highest BCUT2D eigenvalue weighted by atomic mass is 79.9. The van der Waals surface area contributed by atoms with Gasteiger partial charge in [-0.3, -0.25) is 4.72 Å². The zero-order valence-electron chi connectivity index (χ0n) is 12.1. The van der Waals surface area contributed by atoms with E-state index in [2.05, 4.69) is 30.8 Å². The number of nitrogens with zero attached hydrogens (tertiary/aromatic N) is 3. The smallest absolute Gasteiger partial charge is 0.263 e. The Hall–Kier alpha value is -1.71. The van der Waals surface area contributed by atoms with Gasteiger partial charge in [0.15, 0.2) is 11.6 Å². The molecule has 1 aromatic heterocycles. The number of hydrogen-bond donors (Lipinski definition) is 1. The Morgan fingerprint density at radius 1 is 1.04 bits per heavy atom. The molecule has 0 aliphatic carbocycles. The van der Waals surface area contributed by atoms with Gasteiger partial charge in [-0.15, -0.1) is 10.2 Å². The maximum Gasteiger partial charge on any atom is 0.263 e. The van der Waals surface area contributed by atoms with Gasteiger partial charge in [0.05, 0.1) is 18.1 Å². The lowest BCUT2D eigenvalue weighted by Gasteiger charge is -2.27. The standard InChI is InChI=1S/C14H15BrN4O3S/c15-11-1-3-12(4-2-11)23(20,21)18-13-5-6-14(17-16-13)19-7-9-22-10-8-19/h1-6H,7-10H2,(H,16,18). The zero-order chi connectivity index (χ0) is 16.3. The highest BCUT2D eigenvalue weighted by Gasteiger charge is 2.16. The van der Waals surface area contributed by atoms with Crippen molar-refractivity contribution < 1.29 is 13.2 Å². The third-order valence-corrected chi connectivity index (χ3v) is 5.25.